The second-order valence-corrected chi connectivity index (χ2v) is 5.98. The van der Waals surface area contributed by atoms with E-state index < -0.39 is 0 Å². The third-order valence-corrected chi connectivity index (χ3v) is 4.34. The highest BCUT2D eigenvalue weighted by atomic mass is 16.1. The van der Waals surface area contributed by atoms with Gasteiger partial charge in [-0.3, -0.25) is 4.79 Å². The van der Waals surface area contributed by atoms with Gasteiger partial charge in [-0.25, -0.2) is 9.97 Å². The van der Waals surface area contributed by atoms with Gasteiger partial charge < -0.3 is 5.32 Å². The van der Waals surface area contributed by atoms with Crippen LogP contribution < -0.4 is 5.32 Å². The summed E-state index contributed by atoms with van der Waals surface area (Å²) in [6, 6.07) is 20.0. The second-order valence-electron chi connectivity index (χ2n) is 5.98. The smallest absolute Gasteiger partial charge is 0.227 e. The average Bonchev–Trinajstić information content (AvgIpc) is 2.63. The minimum atomic E-state index is 0.122. The van der Waals surface area contributed by atoms with Gasteiger partial charge in [-0.05, 0) is 30.0 Å². The molecule has 4 rings (SSSR count). The number of hydrogen-bond acceptors (Lipinski definition) is 4. The van der Waals surface area contributed by atoms with Crippen molar-refractivity contribution in [3.8, 4) is 0 Å². The van der Waals surface area contributed by atoms with Gasteiger partial charge in [0.05, 0.1) is 11.3 Å². The van der Waals surface area contributed by atoms with Crippen molar-refractivity contribution >= 4 is 17.4 Å². The molecule has 0 spiro atoms. The Morgan fingerprint density at radius 1 is 0.917 bits per heavy atom. The van der Waals surface area contributed by atoms with Gasteiger partial charge in [-0.2, -0.15) is 0 Å². The maximum Gasteiger partial charge on any atom is 0.227 e. The molecular weight excluding hydrogens is 298 g/mol. The molecule has 0 radical (unpaired) electrons. The summed E-state index contributed by atoms with van der Waals surface area (Å²) in [5.74, 6) is 0.837. The Morgan fingerprint density at radius 3 is 2.38 bits per heavy atom. The number of aromatic nitrogens is 2. The summed E-state index contributed by atoms with van der Waals surface area (Å²) in [5.41, 5.74) is 3.60. The number of Topliss-reactive ketones (excluding diaryl/α,β-unsaturated/α-hetero) is 1. The van der Waals surface area contributed by atoms with Crippen molar-refractivity contribution in [2.24, 2.45) is 0 Å². The highest BCUT2D eigenvalue weighted by Gasteiger charge is 2.27. The fourth-order valence-electron chi connectivity index (χ4n) is 3.12. The van der Waals surface area contributed by atoms with E-state index in [0.29, 0.717) is 17.9 Å². The molecule has 0 bridgehead atoms. The fourth-order valence-corrected chi connectivity index (χ4v) is 3.12. The summed E-state index contributed by atoms with van der Waals surface area (Å²) >= 11 is 0. The average molecular weight is 315 g/mol. The minimum absolute atomic E-state index is 0.122. The third kappa shape index (κ3) is 2.91. The first-order chi connectivity index (χ1) is 11.8. The van der Waals surface area contributed by atoms with Crippen LogP contribution in [0.3, 0.4) is 0 Å². The van der Waals surface area contributed by atoms with E-state index in [9.17, 15) is 4.79 Å². The van der Waals surface area contributed by atoms with Crippen LogP contribution in [0.15, 0.2) is 66.9 Å². The number of rotatable bonds is 3. The SMILES string of the molecule is O=C1C[C@H](c2ccccc2)Cc2nc(Nc3ccccc3)ncc21. The normalized spacial score (nSPS) is 16.5. The molecule has 1 aliphatic rings. The highest BCUT2D eigenvalue weighted by molar-refractivity contribution is 5.98. The summed E-state index contributed by atoms with van der Waals surface area (Å²) in [6.07, 6.45) is 2.93. The number of para-hydroxylation sites is 1. The summed E-state index contributed by atoms with van der Waals surface area (Å²) < 4.78 is 0. The van der Waals surface area contributed by atoms with Gasteiger partial charge in [0.15, 0.2) is 5.78 Å². The van der Waals surface area contributed by atoms with Crippen LogP contribution >= 0.6 is 0 Å². The number of carbonyl (C=O) groups is 1. The molecule has 0 aliphatic heterocycles. The Bertz CT molecular complexity index is 863. The summed E-state index contributed by atoms with van der Waals surface area (Å²) in [6.45, 7) is 0. The van der Waals surface area contributed by atoms with Crippen molar-refractivity contribution in [1.82, 2.24) is 9.97 Å². The van der Waals surface area contributed by atoms with E-state index in [1.807, 2.05) is 48.5 Å². The van der Waals surface area contributed by atoms with Crippen molar-refractivity contribution in [3.05, 3.63) is 83.7 Å². The lowest BCUT2D eigenvalue weighted by Gasteiger charge is -2.23. The Labute approximate surface area is 140 Å². The van der Waals surface area contributed by atoms with Gasteiger partial charge in [0, 0.05) is 18.3 Å². The third-order valence-electron chi connectivity index (χ3n) is 4.34. The zero-order valence-electron chi connectivity index (χ0n) is 13.1. The van der Waals surface area contributed by atoms with E-state index in [0.717, 1.165) is 17.8 Å². The number of benzene rings is 2. The molecule has 1 heterocycles. The first-order valence-electron chi connectivity index (χ1n) is 8.06. The Balaban J connectivity index is 1.62. The van der Waals surface area contributed by atoms with Crippen molar-refractivity contribution in [1.29, 1.82) is 0 Å². The van der Waals surface area contributed by atoms with Crippen LogP contribution in [-0.4, -0.2) is 15.8 Å². The molecule has 0 saturated heterocycles. The Morgan fingerprint density at radius 2 is 1.62 bits per heavy atom. The Kier molecular flexibility index (Phi) is 3.79. The highest BCUT2D eigenvalue weighted by Crippen LogP contribution is 2.32. The number of nitrogens with one attached hydrogen (secondary N) is 1. The first kappa shape index (κ1) is 14.6. The predicted octanol–water partition coefficient (Wildman–Crippen LogP) is 4.13. The summed E-state index contributed by atoms with van der Waals surface area (Å²) in [7, 11) is 0. The molecule has 1 N–H and O–H groups in total. The van der Waals surface area contributed by atoms with Crippen LogP contribution in [0, 0.1) is 0 Å². The van der Waals surface area contributed by atoms with E-state index in [1.165, 1.54) is 5.56 Å². The van der Waals surface area contributed by atoms with E-state index in [-0.39, 0.29) is 11.7 Å². The zero-order chi connectivity index (χ0) is 16.4. The van der Waals surface area contributed by atoms with Crippen LogP contribution in [0.2, 0.25) is 0 Å². The van der Waals surface area contributed by atoms with Gasteiger partial charge in [0.2, 0.25) is 5.95 Å². The predicted molar refractivity (Wildman–Crippen MR) is 93.6 cm³/mol. The lowest BCUT2D eigenvalue weighted by Crippen LogP contribution is -2.21. The maximum atomic E-state index is 12.4. The second kappa shape index (κ2) is 6.24. The van der Waals surface area contributed by atoms with Crippen LogP contribution in [0.1, 0.15) is 34.0 Å². The molecule has 0 fully saturated rings. The largest absolute Gasteiger partial charge is 0.324 e. The van der Waals surface area contributed by atoms with E-state index >= 15 is 0 Å². The molecule has 1 aliphatic carbocycles. The molecule has 24 heavy (non-hydrogen) atoms. The maximum absolute atomic E-state index is 12.4. The summed E-state index contributed by atoms with van der Waals surface area (Å²) in [4.78, 5) is 21.3. The van der Waals surface area contributed by atoms with Gasteiger partial charge in [0.1, 0.15) is 0 Å². The number of fused-ring (bicyclic) bond motifs is 1. The van der Waals surface area contributed by atoms with E-state index in [4.69, 9.17) is 0 Å². The van der Waals surface area contributed by atoms with E-state index in [2.05, 4.69) is 27.4 Å². The molecule has 1 aromatic heterocycles. The van der Waals surface area contributed by atoms with Crippen molar-refractivity contribution in [2.45, 2.75) is 18.8 Å². The van der Waals surface area contributed by atoms with Crippen molar-refractivity contribution < 1.29 is 4.79 Å². The summed E-state index contributed by atoms with van der Waals surface area (Å²) in [5, 5.41) is 3.19. The van der Waals surface area contributed by atoms with Crippen LogP contribution in [0.4, 0.5) is 11.6 Å². The molecule has 1 atom stereocenters. The minimum Gasteiger partial charge on any atom is -0.324 e. The quantitative estimate of drug-likeness (QED) is 0.789. The standard InChI is InChI=1S/C20H17N3O/c24-19-12-15(14-7-3-1-4-8-14)11-18-17(19)13-21-20(23-18)22-16-9-5-2-6-10-16/h1-10,13,15H,11-12H2,(H,21,22,23)/t15-/m1/s1. The molecule has 0 saturated carbocycles. The van der Waals surface area contributed by atoms with Gasteiger partial charge in [-0.15, -0.1) is 0 Å². The molecule has 3 aromatic rings. The van der Waals surface area contributed by atoms with Crippen LogP contribution in [-0.2, 0) is 6.42 Å². The van der Waals surface area contributed by atoms with Crippen molar-refractivity contribution in [3.63, 3.8) is 0 Å². The number of carbonyl (C=O) groups excluding carboxylic acids is 1. The molecule has 118 valence electrons. The molecule has 2 aromatic carbocycles. The fraction of sp³-hybridized carbons (Fsp3) is 0.150. The van der Waals surface area contributed by atoms with Crippen LogP contribution in [0.5, 0.6) is 0 Å². The van der Waals surface area contributed by atoms with Crippen molar-refractivity contribution in [2.75, 3.05) is 5.32 Å². The molecule has 4 heteroatoms. The number of ketones is 1. The topological polar surface area (TPSA) is 54.9 Å². The van der Waals surface area contributed by atoms with Gasteiger partial charge >= 0.3 is 0 Å². The first-order valence-corrected chi connectivity index (χ1v) is 8.06. The number of nitrogens with zero attached hydrogens (tertiary/aromatic N) is 2. The molecular formula is C20H17N3O. The number of anilines is 2. The zero-order valence-corrected chi connectivity index (χ0v) is 13.1. The van der Waals surface area contributed by atoms with Crippen LogP contribution in [0.25, 0.3) is 0 Å². The molecule has 0 unspecified atom stereocenters. The lowest BCUT2D eigenvalue weighted by molar-refractivity contribution is 0.0963. The molecule has 4 nitrogen and oxygen atoms in total. The lowest BCUT2D eigenvalue weighted by atomic mass is 9.82. The molecule has 0 amide bonds. The monoisotopic (exact) mass is 315 g/mol. The number of hydrogen-bond donors (Lipinski definition) is 1. The Hall–Kier alpha value is -3.01. The van der Waals surface area contributed by atoms with Gasteiger partial charge in [0.25, 0.3) is 0 Å². The van der Waals surface area contributed by atoms with E-state index in [1.54, 1.807) is 6.20 Å². The van der Waals surface area contributed by atoms with Gasteiger partial charge in [-0.1, -0.05) is 48.5 Å².